The van der Waals surface area contributed by atoms with Gasteiger partial charge >= 0.3 is 5.97 Å². The van der Waals surface area contributed by atoms with Gasteiger partial charge in [0.25, 0.3) is 0 Å². The first kappa shape index (κ1) is 11.8. The molecule has 0 radical (unpaired) electrons. The van der Waals surface area contributed by atoms with E-state index in [0.717, 1.165) is 18.8 Å². The second-order valence-electron chi connectivity index (χ2n) is 4.46. The van der Waals surface area contributed by atoms with Gasteiger partial charge in [0.05, 0.1) is 5.41 Å². The van der Waals surface area contributed by atoms with E-state index in [1.54, 1.807) is 20.0 Å². The van der Waals surface area contributed by atoms with E-state index in [4.69, 9.17) is 5.11 Å². The Morgan fingerprint density at radius 3 is 2.73 bits per heavy atom. The summed E-state index contributed by atoms with van der Waals surface area (Å²) in [6.07, 6.45) is 5.22. The zero-order chi connectivity index (χ0) is 11.5. The van der Waals surface area contributed by atoms with Crippen molar-refractivity contribution < 1.29 is 9.90 Å². The zero-order valence-electron chi connectivity index (χ0n) is 9.53. The van der Waals surface area contributed by atoms with Gasteiger partial charge in [-0.15, -0.1) is 0 Å². The summed E-state index contributed by atoms with van der Waals surface area (Å²) in [5.41, 5.74) is -0.630. The fourth-order valence-electron chi connectivity index (χ4n) is 1.44. The van der Waals surface area contributed by atoms with Crippen LogP contribution in [0.15, 0.2) is 12.4 Å². The lowest BCUT2D eigenvalue weighted by molar-refractivity contribution is -0.147. The van der Waals surface area contributed by atoms with Crippen LogP contribution in [-0.4, -0.2) is 20.6 Å². The SMILES string of the molecule is Cc1nccn1CCCC(C)(C)C(=O)O. The molecular weight excluding hydrogens is 192 g/mol. The molecule has 1 N–H and O–H groups in total. The minimum Gasteiger partial charge on any atom is -0.481 e. The number of aliphatic carboxylic acids is 1. The average molecular weight is 210 g/mol. The number of carbonyl (C=O) groups is 1. The Balaban J connectivity index is 2.40. The van der Waals surface area contributed by atoms with Gasteiger partial charge < -0.3 is 9.67 Å². The Hall–Kier alpha value is -1.32. The molecule has 0 unspecified atom stereocenters. The Kier molecular flexibility index (Phi) is 3.50. The van der Waals surface area contributed by atoms with Gasteiger partial charge in [-0.2, -0.15) is 0 Å². The van der Waals surface area contributed by atoms with Crippen molar-refractivity contribution in [2.24, 2.45) is 5.41 Å². The maximum atomic E-state index is 10.9. The Labute approximate surface area is 89.9 Å². The molecule has 0 aliphatic rings. The molecule has 0 aliphatic heterocycles. The highest BCUT2D eigenvalue weighted by atomic mass is 16.4. The van der Waals surface area contributed by atoms with Crippen LogP contribution in [0.1, 0.15) is 32.5 Å². The molecule has 1 rings (SSSR count). The van der Waals surface area contributed by atoms with E-state index in [0.29, 0.717) is 6.42 Å². The molecule has 4 nitrogen and oxygen atoms in total. The van der Waals surface area contributed by atoms with Gasteiger partial charge in [0, 0.05) is 18.9 Å². The smallest absolute Gasteiger partial charge is 0.309 e. The molecule has 0 fully saturated rings. The third-order valence-electron chi connectivity index (χ3n) is 2.70. The third kappa shape index (κ3) is 3.08. The molecule has 0 saturated carbocycles. The molecule has 0 atom stereocenters. The van der Waals surface area contributed by atoms with E-state index in [9.17, 15) is 4.79 Å². The lowest BCUT2D eigenvalue weighted by atomic mass is 9.88. The molecule has 1 heterocycles. The molecule has 0 spiro atoms. The van der Waals surface area contributed by atoms with Crippen molar-refractivity contribution in [1.29, 1.82) is 0 Å². The first-order chi connectivity index (χ1) is 6.93. The molecule has 0 aromatic carbocycles. The van der Waals surface area contributed by atoms with Crippen LogP contribution in [0.4, 0.5) is 0 Å². The number of rotatable bonds is 5. The molecule has 0 saturated heterocycles. The van der Waals surface area contributed by atoms with Crippen molar-refractivity contribution in [3.63, 3.8) is 0 Å². The van der Waals surface area contributed by atoms with Crippen LogP contribution in [-0.2, 0) is 11.3 Å². The predicted octanol–water partition coefficient (Wildman–Crippen LogP) is 2.08. The highest BCUT2D eigenvalue weighted by molar-refractivity contribution is 5.73. The fourth-order valence-corrected chi connectivity index (χ4v) is 1.44. The average Bonchev–Trinajstić information content (AvgIpc) is 2.51. The summed E-state index contributed by atoms with van der Waals surface area (Å²) in [5, 5.41) is 8.93. The first-order valence-corrected chi connectivity index (χ1v) is 5.14. The van der Waals surface area contributed by atoms with Crippen molar-refractivity contribution in [3.8, 4) is 0 Å². The monoisotopic (exact) mass is 210 g/mol. The summed E-state index contributed by atoms with van der Waals surface area (Å²) >= 11 is 0. The van der Waals surface area contributed by atoms with Crippen LogP contribution >= 0.6 is 0 Å². The quantitative estimate of drug-likeness (QED) is 0.809. The number of carboxylic acid groups (broad SMARTS) is 1. The molecule has 4 heteroatoms. The number of aromatic nitrogens is 2. The number of nitrogens with zero attached hydrogens (tertiary/aromatic N) is 2. The van der Waals surface area contributed by atoms with E-state index >= 15 is 0 Å². The predicted molar refractivity (Wildman–Crippen MR) is 57.6 cm³/mol. The molecule has 0 aliphatic carbocycles. The Morgan fingerprint density at radius 1 is 1.60 bits per heavy atom. The summed E-state index contributed by atoms with van der Waals surface area (Å²) in [6, 6.07) is 0. The van der Waals surface area contributed by atoms with Crippen LogP contribution in [0.5, 0.6) is 0 Å². The van der Waals surface area contributed by atoms with E-state index in [1.807, 2.05) is 17.7 Å². The van der Waals surface area contributed by atoms with Crippen LogP contribution in [0.3, 0.4) is 0 Å². The fraction of sp³-hybridized carbons (Fsp3) is 0.636. The maximum absolute atomic E-state index is 10.9. The standard InChI is InChI=1S/C11H18N2O2/c1-9-12-6-8-13(9)7-4-5-11(2,3)10(14)15/h6,8H,4-5,7H2,1-3H3,(H,14,15). The van der Waals surface area contributed by atoms with Crippen LogP contribution in [0.2, 0.25) is 0 Å². The molecule has 0 amide bonds. The van der Waals surface area contributed by atoms with E-state index < -0.39 is 11.4 Å². The van der Waals surface area contributed by atoms with E-state index in [-0.39, 0.29) is 0 Å². The topological polar surface area (TPSA) is 55.1 Å². The van der Waals surface area contributed by atoms with Gasteiger partial charge in [0.15, 0.2) is 0 Å². The molecular formula is C11H18N2O2. The summed E-state index contributed by atoms with van der Waals surface area (Å²) in [4.78, 5) is 15.0. The second-order valence-corrected chi connectivity index (χ2v) is 4.46. The van der Waals surface area contributed by atoms with Gasteiger partial charge in [-0.05, 0) is 33.6 Å². The van der Waals surface area contributed by atoms with Crippen molar-refractivity contribution >= 4 is 5.97 Å². The van der Waals surface area contributed by atoms with Gasteiger partial charge in [-0.25, -0.2) is 4.98 Å². The summed E-state index contributed by atoms with van der Waals surface area (Å²) in [7, 11) is 0. The zero-order valence-corrected chi connectivity index (χ0v) is 9.53. The van der Waals surface area contributed by atoms with Gasteiger partial charge in [0.1, 0.15) is 5.82 Å². The number of hydrogen-bond acceptors (Lipinski definition) is 2. The minimum atomic E-state index is -0.732. The van der Waals surface area contributed by atoms with Crippen LogP contribution in [0, 0.1) is 12.3 Å². The number of carboxylic acids is 1. The van der Waals surface area contributed by atoms with Gasteiger partial charge in [0.2, 0.25) is 0 Å². The van der Waals surface area contributed by atoms with Gasteiger partial charge in [-0.3, -0.25) is 4.79 Å². The first-order valence-electron chi connectivity index (χ1n) is 5.14. The summed E-state index contributed by atoms with van der Waals surface area (Å²) < 4.78 is 2.04. The maximum Gasteiger partial charge on any atom is 0.309 e. The summed E-state index contributed by atoms with van der Waals surface area (Å²) in [5.74, 6) is 0.244. The van der Waals surface area contributed by atoms with Crippen LogP contribution in [0.25, 0.3) is 0 Å². The van der Waals surface area contributed by atoms with Gasteiger partial charge in [-0.1, -0.05) is 0 Å². The number of aryl methyl sites for hydroxylation is 2. The molecule has 15 heavy (non-hydrogen) atoms. The van der Waals surface area contributed by atoms with Crippen LogP contribution < -0.4 is 0 Å². The minimum absolute atomic E-state index is 0.630. The second kappa shape index (κ2) is 4.47. The Bertz CT molecular complexity index is 342. The third-order valence-corrected chi connectivity index (χ3v) is 2.70. The highest BCUT2D eigenvalue weighted by Crippen LogP contribution is 2.22. The highest BCUT2D eigenvalue weighted by Gasteiger charge is 2.26. The molecule has 1 aromatic heterocycles. The number of hydrogen-bond donors (Lipinski definition) is 1. The van der Waals surface area contributed by atoms with Crippen molar-refractivity contribution in [3.05, 3.63) is 18.2 Å². The van der Waals surface area contributed by atoms with Crippen molar-refractivity contribution in [2.75, 3.05) is 0 Å². The molecule has 0 bridgehead atoms. The van der Waals surface area contributed by atoms with E-state index in [2.05, 4.69) is 4.98 Å². The van der Waals surface area contributed by atoms with Crippen molar-refractivity contribution in [2.45, 2.75) is 40.2 Å². The van der Waals surface area contributed by atoms with Crippen molar-refractivity contribution in [1.82, 2.24) is 9.55 Å². The molecule has 84 valence electrons. The molecule has 1 aromatic rings. The lowest BCUT2D eigenvalue weighted by Gasteiger charge is -2.18. The van der Waals surface area contributed by atoms with E-state index in [1.165, 1.54) is 0 Å². The largest absolute Gasteiger partial charge is 0.481 e. The Morgan fingerprint density at radius 2 is 2.27 bits per heavy atom. The number of imidazole rings is 1. The summed E-state index contributed by atoms with van der Waals surface area (Å²) in [6.45, 7) is 6.30. The normalized spacial score (nSPS) is 11.7. The lowest BCUT2D eigenvalue weighted by Crippen LogP contribution is -2.23.